The number of pyridine rings is 1. The first-order valence-corrected chi connectivity index (χ1v) is 19.3. The average molecular weight is 717 g/mol. The first kappa shape index (κ1) is 34.5. The third kappa shape index (κ3) is 7.71. The molecule has 0 spiro atoms. The predicted molar refractivity (Wildman–Crippen MR) is 192 cm³/mol. The van der Waals surface area contributed by atoms with Crippen LogP contribution in [0, 0.1) is 0 Å². The summed E-state index contributed by atoms with van der Waals surface area (Å²) in [5, 5.41) is 24.1. The van der Waals surface area contributed by atoms with Gasteiger partial charge < -0.3 is 15.0 Å². The molecule has 1 aliphatic heterocycles. The van der Waals surface area contributed by atoms with Gasteiger partial charge in [-0.1, -0.05) is 38.1 Å². The molecule has 270 valence electrons. The van der Waals surface area contributed by atoms with Crippen LogP contribution >= 0.6 is 0 Å². The van der Waals surface area contributed by atoms with Gasteiger partial charge in [0.2, 0.25) is 5.95 Å². The van der Waals surface area contributed by atoms with Gasteiger partial charge >= 0.3 is 6.03 Å². The smallest absolute Gasteiger partial charge is 0.320 e. The van der Waals surface area contributed by atoms with Crippen molar-refractivity contribution in [3.63, 3.8) is 0 Å². The monoisotopic (exact) mass is 716 g/mol. The van der Waals surface area contributed by atoms with Gasteiger partial charge in [0.1, 0.15) is 23.4 Å². The summed E-state index contributed by atoms with van der Waals surface area (Å²) in [6.45, 7) is 7.43. The Balaban J connectivity index is 1.05. The largest absolute Gasteiger partial charge is 0.484 e. The molecule has 1 saturated heterocycles. The molecule has 3 atom stereocenters. The van der Waals surface area contributed by atoms with Crippen molar-refractivity contribution in [2.24, 2.45) is 0 Å². The standard InChI is InChI=1S/C35H44N10O5S/c1-23(2)30-19-33(45(41-30)25-20-36-42(21-25)17-18-49-51(4,47)48)38-34(46)37-29-13-14-31(28-11-6-5-10-27(28)29)50-26-12-15-32-39-40-35(44(32)22-26)43-16-8-7-9-24(43)3/h5-6,10-12,15,19-24,29,31H,7-9,13-14,16-18H2,1-4H3,(H2,37,38,46)/t24-,29-,31?/m0/s1. The van der Waals surface area contributed by atoms with Crippen LogP contribution in [0.1, 0.15) is 87.8 Å². The molecular weight excluding hydrogens is 673 g/mol. The van der Waals surface area contributed by atoms with Crippen LogP contribution in [0.25, 0.3) is 11.3 Å². The summed E-state index contributed by atoms with van der Waals surface area (Å²) in [6.07, 6.45) is 11.0. The molecular formula is C35H44N10O5S. The highest BCUT2D eigenvalue weighted by Gasteiger charge is 2.30. The molecule has 4 aromatic heterocycles. The number of hydrogen-bond donors (Lipinski definition) is 2. The normalized spacial score (nSPS) is 19.3. The number of anilines is 2. The molecule has 1 unspecified atom stereocenters. The molecule has 0 saturated carbocycles. The Morgan fingerprint density at radius 3 is 2.65 bits per heavy atom. The molecule has 51 heavy (non-hydrogen) atoms. The zero-order valence-electron chi connectivity index (χ0n) is 29.3. The van der Waals surface area contributed by atoms with Crippen LogP contribution in [0.4, 0.5) is 16.6 Å². The topological polar surface area (TPSA) is 163 Å². The highest BCUT2D eigenvalue weighted by atomic mass is 32.2. The molecule has 0 bridgehead atoms. The van der Waals surface area contributed by atoms with Crippen LogP contribution < -0.4 is 20.3 Å². The van der Waals surface area contributed by atoms with Crippen LogP contribution in [0.2, 0.25) is 0 Å². The number of benzene rings is 1. The van der Waals surface area contributed by atoms with E-state index in [0.29, 0.717) is 30.4 Å². The summed E-state index contributed by atoms with van der Waals surface area (Å²) < 4.78 is 39.4. The molecule has 1 aromatic carbocycles. The lowest BCUT2D eigenvalue weighted by molar-refractivity contribution is 0.171. The summed E-state index contributed by atoms with van der Waals surface area (Å²) in [7, 11) is -3.55. The minimum atomic E-state index is -3.55. The van der Waals surface area contributed by atoms with Crippen molar-refractivity contribution in [1.82, 2.24) is 39.5 Å². The lowest BCUT2D eigenvalue weighted by Gasteiger charge is -2.33. The Morgan fingerprint density at radius 1 is 1.04 bits per heavy atom. The van der Waals surface area contributed by atoms with E-state index >= 15 is 0 Å². The van der Waals surface area contributed by atoms with Gasteiger partial charge in [0.05, 0.1) is 49.7 Å². The van der Waals surface area contributed by atoms with Crippen molar-refractivity contribution in [2.75, 3.05) is 29.6 Å². The maximum Gasteiger partial charge on any atom is 0.320 e. The summed E-state index contributed by atoms with van der Waals surface area (Å²) >= 11 is 0. The second-order valence-electron chi connectivity index (χ2n) is 13.6. The van der Waals surface area contributed by atoms with Gasteiger partial charge in [0.25, 0.3) is 10.1 Å². The van der Waals surface area contributed by atoms with Crippen molar-refractivity contribution in [1.29, 1.82) is 0 Å². The Labute approximate surface area is 297 Å². The van der Waals surface area contributed by atoms with Crippen molar-refractivity contribution in [3.8, 4) is 11.4 Å². The van der Waals surface area contributed by atoms with E-state index in [2.05, 4.69) is 43.8 Å². The maximum atomic E-state index is 13.5. The molecule has 5 heterocycles. The van der Waals surface area contributed by atoms with Crippen LogP contribution in [0.3, 0.4) is 0 Å². The fraction of sp³-hybridized carbons (Fsp3) is 0.457. The van der Waals surface area contributed by atoms with E-state index in [0.717, 1.165) is 59.8 Å². The number of carbonyl (C=O) groups excluding carboxylic acids is 1. The molecule has 7 rings (SSSR count). The van der Waals surface area contributed by atoms with Gasteiger partial charge in [-0.3, -0.25) is 18.6 Å². The number of nitrogens with one attached hydrogen (secondary N) is 2. The van der Waals surface area contributed by atoms with Gasteiger partial charge in [0, 0.05) is 18.7 Å². The van der Waals surface area contributed by atoms with E-state index in [4.69, 9.17) is 14.0 Å². The molecule has 2 amide bonds. The van der Waals surface area contributed by atoms with E-state index in [1.807, 2.05) is 60.8 Å². The first-order valence-electron chi connectivity index (χ1n) is 17.4. The zero-order chi connectivity index (χ0) is 35.7. The van der Waals surface area contributed by atoms with E-state index in [-0.39, 0.29) is 37.2 Å². The second kappa shape index (κ2) is 14.3. The summed E-state index contributed by atoms with van der Waals surface area (Å²) in [6, 6.07) is 13.6. The van der Waals surface area contributed by atoms with Crippen molar-refractivity contribution < 1.29 is 22.1 Å². The van der Waals surface area contributed by atoms with Crippen LogP contribution in [0.15, 0.2) is 61.1 Å². The molecule has 16 heteroatoms. The number of nitrogens with zero attached hydrogens (tertiary/aromatic N) is 8. The molecule has 2 aliphatic rings. The quantitative estimate of drug-likeness (QED) is 0.170. The Hall–Kier alpha value is -4.96. The number of aromatic nitrogens is 7. The fourth-order valence-corrected chi connectivity index (χ4v) is 7.23. The van der Waals surface area contributed by atoms with Crippen LogP contribution in [-0.2, 0) is 20.8 Å². The Bertz CT molecular complexity index is 2120. The van der Waals surface area contributed by atoms with E-state index in [1.165, 1.54) is 6.42 Å². The highest BCUT2D eigenvalue weighted by molar-refractivity contribution is 7.85. The molecule has 5 aromatic rings. The number of hydrogen-bond acceptors (Lipinski definition) is 10. The van der Waals surface area contributed by atoms with Gasteiger partial charge in [-0.05, 0) is 68.2 Å². The van der Waals surface area contributed by atoms with Crippen molar-refractivity contribution in [3.05, 3.63) is 77.9 Å². The van der Waals surface area contributed by atoms with Crippen molar-refractivity contribution in [2.45, 2.75) is 83.5 Å². The summed E-state index contributed by atoms with van der Waals surface area (Å²) in [4.78, 5) is 15.9. The number of amides is 2. The molecule has 15 nitrogen and oxygen atoms in total. The van der Waals surface area contributed by atoms with E-state index in [1.54, 1.807) is 21.8 Å². The average Bonchev–Trinajstić information content (AvgIpc) is 3.84. The first-order chi connectivity index (χ1) is 24.5. The van der Waals surface area contributed by atoms with Crippen LogP contribution in [-0.4, -0.2) is 74.1 Å². The molecule has 2 N–H and O–H groups in total. The minimum absolute atomic E-state index is 0.0467. The van der Waals surface area contributed by atoms with E-state index in [9.17, 15) is 13.2 Å². The lowest BCUT2D eigenvalue weighted by Crippen LogP contribution is -2.38. The number of urea groups is 1. The number of piperidine rings is 1. The number of rotatable bonds is 11. The van der Waals surface area contributed by atoms with Gasteiger partial charge in [-0.2, -0.15) is 18.6 Å². The van der Waals surface area contributed by atoms with Crippen molar-refractivity contribution >= 4 is 33.6 Å². The minimum Gasteiger partial charge on any atom is -0.484 e. The number of ether oxygens (including phenoxy) is 1. The Morgan fingerprint density at radius 2 is 1.86 bits per heavy atom. The fourth-order valence-electron chi connectivity index (χ4n) is 6.85. The summed E-state index contributed by atoms with van der Waals surface area (Å²) in [5.41, 5.74) is 4.23. The highest BCUT2D eigenvalue weighted by Crippen LogP contribution is 2.39. The van der Waals surface area contributed by atoms with E-state index < -0.39 is 10.1 Å². The third-order valence-electron chi connectivity index (χ3n) is 9.48. The van der Waals surface area contributed by atoms with Gasteiger partial charge in [-0.15, -0.1) is 10.2 Å². The summed E-state index contributed by atoms with van der Waals surface area (Å²) in [5.74, 6) is 2.17. The molecule has 1 aliphatic carbocycles. The Kier molecular flexibility index (Phi) is 9.70. The molecule has 1 fully saturated rings. The number of fused-ring (bicyclic) bond motifs is 2. The lowest BCUT2D eigenvalue weighted by atomic mass is 9.85. The third-order valence-corrected chi connectivity index (χ3v) is 10.1. The van der Waals surface area contributed by atoms with Gasteiger partial charge in [-0.25, -0.2) is 9.48 Å². The van der Waals surface area contributed by atoms with Gasteiger partial charge in [0.15, 0.2) is 5.65 Å². The zero-order valence-corrected chi connectivity index (χ0v) is 30.1. The predicted octanol–water partition coefficient (Wildman–Crippen LogP) is 5.37. The SMILES string of the molecule is CC(C)c1cc(NC(=O)N[C@H]2CCC(Oc3ccc4nnc(N5CCCC[C@@H]5C)n4c3)c3ccccc32)n(-c2cnn(CCOS(C)(=O)=O)c2)n1. The van der Waals surface area contributed by atoms with Crippen LogP contribution in [0.5, 0.6) is 5.75 Å². The second-order valence-corrected chi connectivity index (χ2v) is 15.2. The maximum absolute atomic E-state index is 13.5. The molecule has 0 radical (unpaired) electrons. The number of carbonyl (C=O) groups is 1.